The summed E-state index contributed by atoms with van der Waals surface area (Å²) in [5, 5.41) is 0. The molecule has 8 nitrogen and oxygen atoms in total. The van der Waals surface area contributed by atoms with Gasteiger partial charge in [0.2, 0.25) is 40.7 Å². The zero-order valence-electron chi connectivity index (χ0n) is 15.3. The number of aromatic nitrogens is 2. The number of H-pyrrole nitrogens is 1. The Kier molecular flexibility index (Phi) is 7.61. The van der Waals surface area contributed by atoms with Crippen molar-refractivity contribution in [1.82, 2.24) is 9.55 Å². The molecule has 0 aliphatic heterocycles. The number of unbranched alkanes of at least 4 members (excludes halogenated alkanes) is 1. The fourth-order valence-electron chi connectivity index (χ4n) is 2.17. The molecule has 1 aromatic heterocycles. The third-order valence-electron chi connectivity index (χ3n) is 3.73. The van der Waals surface area contributed by atoms with Crippen LogP contribution in [0.1, 0.15) is 25.7 Å². The van der Waals surface area contributed by atoms with Gasteiger partial charge in [0.15, 0.2) is 6.73 Å². The van der Waals surface area contributed by atoms with Crippen molar-refractivity contribution in [1.29, 1.82) is 0 Å². The third kappa shape index (κ3) is 5.73. The van der Waals surface area contributed by atoms with Crippen LogP contribution < -0.4 is 16.0 Å². The van der Waals surface area contributed by atoms with Crippen LogP contribution >= 0.6 is 0 Å². The van der Waals surface area contributed by atoms with Gasteiger partial charge in [-0.2, -0.15) is 13.2 Å². The predicted octanol–water partition coefficient (Wildman–Crippen LogP) is 2.04. The van der Waals surface area contributed by atoms with Crippen molar-refractivity contribution in [2.24, 2.45) is 0 Å². The SMILES string of the molecule is O=C(CCCCC(=O)Oc1c(F)c(F)c(F)c(F)c1F)OCn1cc(F)c(=O)[nH]c1=O. The normalized spacial score (nSPS) is 10.8. The van der Waals surface area contributed by atoms with Gasteiger partial charge >= 0.3 is 17.6 Å². The van der Waals surface area contributed by atoms with Crippen LogP contribution in [0.4, 0.5) is 26.3 Å². The maximum absolute atomic E-state index is 13.4. The van der Waals surface area contributed by atoms with E-state index in [0.717, 1.165) is 0 Å². The second-order valence-corrected chi connectivity index (χ2v) is 5.93. The van der Waals surface area contributed by atoms with Crippen molar-refractivity contribution < 1.29 is 45.4 Å². The molecule has 14 heteroatoms. The van der Waals surface area contributed by atoms with Crippen molar-refractivity contribution in [2.45, 2.75) is 32.4 Å². The van der Waals surface area contributed by atoms with Crippen LogP contribution in [-0.4, -0.2) is 21.5 Å². The number of hydrogen-bond donors (Lipinski definition) is 1. The maximum atomic E-state index is 13.4. The number of halogens is 6. The largest absolute Gasteiger partial charge is 0.444 e. The van der Waals surface area contributed by atoms with Gasteiger partial charge in [0.05, 0.1) is 6.20 Å². The van der Waals surface area contributed by atoms with E-state index < -0.39 is 77.0 Å². The summed E-state index contributed by atoms with van der Waals surface area (Å²) in [6.07, 6.45) is -0.395. The topological polar surface area (TPSA) is 107 Å². The fraction of sp³-hybridized carbons (Fsp3) is 0.294. The summed E-state index contributed by atoms with van der Waals surface area (Å²) < 4.78 is 88.4. The highest BCUT2D eigenvalue weighted by Crippen LogP contribution is 2.29. The average molecular weight is 454 g/mol. The zero-order chi connectivity index (χ0) is 23.3. The van der Waals surface area contributed by atoms with Gasteiger partial charge in [-0.15, -0.1) is 0 Å². The Morgan fingerprint density at radius 1 is 0.839 bits per heavy atom. The second-order valence-electron chi connectivity index (χ2n) is 5.93. The molecule has 0 spiro atoms. The fourth-order valence-corrected chi connectivity index (χ4v) is 2.17. The Morgan fingerprint density at radius 2 is 1.35 bits per heavy atom. The summed E-state index contributed by atoms with van der Waals surface area (Å²) in [4.78, 5) is 47.0. The third-order valence-corrected chi connectivity index (χ3v) is 3.73. The van der Waals surface area contributed by atoms with E-state index in [-0.39, 0.29) is 19.3 Å². The van der Waals surface area contributed by atoms with Crippen LogP contribution in [0.15, 0.2) is 15.8 Å². The van der Waals surface area contributed by atoms with Gasteiger partial charge in [-0.3, -0.25) is 23.9 Å². The number of nitrogens with one attached hydrogen (secondary N) is 1. The molecule has 0 unspecified atom stereocenters. The minimum absolute atomic E-state index is 0.0140. The zero-order valence-corrected chi connectivity index (χ0v) is 15.3. The quantitative estimate of drug-likeness (QED) is 0.163. The van der Waals surface area contributed by atoms with Crippen LogP contribution in [0, 0.1) is 34.9 Å². The highest BCUT2D eigenvalue weighted by Gasteiger charge is 2.28. The first kappa shape index (κ1) is 23.7. The summed E-state index contributed by atoms with van der Waals surface area (Å²) in [5.41, 5.74) is -2.26. The highest BCUT2D eigenvalue weighted by molar-refractivity contribution is 5.72. The summed E-state index contributed by atoms with van der Waals surface area (Å²) in [5.74, 6) is -16.7. The van der Waals surface area contributed by atoms with E-state index in [4.69, 9.17) is 0 Å². The van der Waals surface area contributed by atoms with Gasteiger partial charge in [0.25, 0.3) is 5.56 Å². The van der Waals surface area contributed by atoms with E-state index in [1.165, 1.54) is 0 Å². The van der Waals surface area contributed by atoms with Crippen molar-refractivity contribution in [3.63, 3.8) is 0 Å². The smallest absolute Gasteiger partial charge is 0.331 e. The Balaban J connectivity index is 1.80. The van der Waals surface area contributed by atoms with Crippen LogP contribution in [0.3, 0.4) is 0 Å². The number of hydrogen-bond acceptors (Lipinski definition) is 6. The molecule has 2 rings (SSSR count). The molecule has 168 valence electrons. The summed E-state index contributed by atoms with van der Waals surface area (Å²) in [7, 11) is 0. The van der Waals surface area contributed by atoms with Crippen molar-refractivity contribution >= 4 is 11.9 Å². The molecule has 0 saturated heterocycles. The van der Waals surface area contributed by atoms with Crippen molar-refractivity contribution in [2.75, 3.05) is 0 Å². The van der Waals surface area contributed by atoms with Gasteiger partial charge in [-0.25, -0.2) is 18.0 Å². The second kappa shape index (κ2) is 9.95. The number of carbonyl (C=O) groups excluding carboxylic acids is 2. The molecule has 1 aromatic carbocycles. The predicted molar refractivity (Wildman–Crippen MR) is 87.7 cm³/mol. The van der Waals surface area contributed by atoms with Crippen LogP contribution in [0.5, 0.6) is 5.75 Å². The summed E-state index contributed by atoms with van der Waals surface area (Å²) in [6, 6.07) is 0. The van der Waals surface area contributed by atoms with Gasteiger partial charge in [0.1, 0.15) is 0 Å². The number of esters is 2. The lowest BCUT2D eigenvalue weighted by molar-refractivity contribution is -0.148. The van der Waals surface area contributed by atoms with Crippen LogP contribution in [0.25, 0.3) is 0 Å². The van der Waals surface area contributed by atoms with E-state index in [0.29, 0.717) is 10.8 Å². The Labute approximate surface area is 168 Å². The van der Waals surface area contributed by atoms with E-state index in [1.807, 2.05) is 0 Å². The molecule has 0 amide bonds. The lowest BCUT2D eigenvalue weighted by Gasteiger charge is -2.09. The number of ether oxygens (including phenoxy) is 2. The van der Waals surface area contributed by atoms with Gasteiger partial charge in [0, 0.05) is 12.8 Å². The molecule has 31 heavy (non-hydrogen) atoms. The minimum Gasteiger partial charge on any atom is -0.444 e. The molecule has 0 aliphatic rings. The summed E-state index contributed by atoms with van der Waals surface area (Å²) >= 11 is 0. The molecule has 0 fully saturated rings. The Hall–Kier alpha value is -3.58. The molecular weight excluding hydrogens is 442 g/mol. The number of nitrogens with zero attached hydrogens (tertiary/aromatic N) is 1. The van der Waals surface area contributed by atoms with Crippen molar-refractivity contribution in [3.05, 3.63) is 61.9 Å². The molecule has 2 aromatic rings. The van der Waals surface area contributed by atoms with Crippen LogP contribution in [0.2, 0.25) is 0 Å². The maximum Gasteiger partial charge on any atom is 0.331 e. The van der Waals surface area contributed by atoms with E-state index in [1.54, 1.807) is 4.98 Å². The number of benzene rings is 1. The van der Waals surface area contributed by atoms with Gasteiger partial charge in [-0.05, 0) is 12.8 Å². The first-order valence-corrected chi connectivity index (χ1v) is 8.40. The monoisotopic (exact) mass is 454 g/mol. The van der Waals surface area contributed by atoms with Gasteiger partial charge in [-0.1, -0.05) is 0 Å². The molecule has 0 radical (unpaired) electrons. The first-order chi connectivity index (χ1) is 14.5. The first-order valence-electron chi connectivity index (χ1n) is 8.40. The molecule has 0 aliphatic carbocycles. The number of rotatable bonds is 8. The highest BCUT2D eigenvalue weighted by atomic mass is 19.2. The van der Waals surface area contributed by atoms with Crippen molar-refractivity contribution in [3.8, 4) is 5.75 Å². The molecule has 0 atom stereocenters. The van der Waals surface area contributed by atoms with Gasteiger partial charge < -0.3 is 9.47 Å². The molecule has 0 saturated carbocycles. The number of carbonyl (C=O) groups is 2. The van der Waals surface area contributed by atoms with Crippen LogP contribution in [-0.2, 0) is 21.1 Å². The minimum atomic E-state index is -2.40. The lowest BCUT2D eigenvalue weighted by Crippen LogP contribution is -2.32. The molecule has 1 N–H and O–H groups in total. The molecular formula is C17H12F6N2O6. The van der Waals surface area contributed by atoms with E-state index >= 15 is 0 Å². The van der Waals surface area contributed by atoms with E-state index in [2.05, 4.69) is 9.47 Å². The number of aromatic amines is 1. The standard InChI is InChI=1S/C17H12F6N2O6/c18-7-5-25(17(29)24-16(7)28)6-30-8(26)3-1-2-4-9(27)31-15-13(22)11(20)10(19)12(21)14(15)23/h5H,1-4,6H2,(H,24,28,29). The summed E-state index contributed by atoms with van der Waals surface area (Å²) in [6.45, 7) is -0.701. The Bertz CT molecular complexity index is 1100. The Morgan fingerprint density at radius 3 is 1.94 bits per heavy atom. The lowest BCUT2D eigenvalue weighted by atomic mass is 10.2. The molecule has 1 heterocycles. The van der Waals surface area contributed by atoms with E-state index in [9.17, 15) is 45.5 Å². The average Bonchev–Trinajstić information content (AvgIpc) is 2.73. The molecule has 0 bridgehead atoms.